The van der Waals surface area contributed by atoms with Crippen LogP contribution in [0.2, 0.25) is 0 Å². The molecule has 2 amide bonds. The third-order valence-corrected chi connectivity index (χ3v) is 4.39. The average molecular weight is 389 g/mol. The van der Waals surface area contributed by atoms with Gasteiger partial charge < -0.3 is 10.6 Å². The fraction of sp³-hybridized carbons (Fsp3) is 0.263. The Morgan fingerprint density at radius 2 is 1.58 bits per heavy atom. The number of carbonyl (C=O) groups excluding carboxylic acids is 2. The van der Waals surface area contributed by atoms with Gasteiger partial charge in [-0.15, -0.1) is 0 Å². The minimum Gasteiger partial charge on any atom is -0.352 e. The molecular weight excluding hydrogens is 368 g/mol. The first-order valence-corrected chi connectivity index (χ1v) is 8.62. The Morgan fingerprint density at radius 3 is 2.12 bits per heavy atom. The molecular formula is C19H21BrN2O2. The number of aryl methyl sites for hydroxylation is 1. The lowest BCUT2D eigenvalue weighted by molar-refractivity contribution is 0.0947. The fourth-order valence-corrected chi connectivity index (χ4v) is 2.34. The zero-order chi connectivity index (χ0) is 17.7. The van der Waals surface area contributed by atoms with E-state index in [0.717, 1.165) is 15.7 Å². The molecule has 0 aliphatic carbocycles. The minimum absolute atomic E-state index is 0.126. The Labute approximate surface area is 150 Å². The number of halogens is 1. The maximum Gasteiger partial charge on any atom is 0.255 e. The third kappa shape index (κ3) is 4.93. The average Bonchev–Trinajstić information content (AvgIpc) is 2.56. The number of benzene rings is 2. The predicted molar refractivity (Wildman–Crippen MR) is 100 cm³/mol. The SMILES string of the molecule is Cc1cc(NC(=O)c2ccc(C(=O)NCC(C)C)cc2)ccc1Br. The van der Waals surface area contributed by atoms with Crippen molar-refractivity contribution in [3.63, 3.8) is 0 Å². The topological polar surface area (TPSA) is 58.2 Å². The summed E-state index contributed by atoms with van der Waals surface area (Å²) in [6, 6.07) is 12.3. The Kier molecular flexibility index (Phi) is 6.15. The van der Waals surface area contributed by atoms with Crippen LogP contribution in [0.3, 0.4) is 0 Å². The van der Waals surface area contributed by atoms with E-state index in [1.54, 1.807) is 24.3 Å². The zero-order valence-electron chi connectivity index (χ0n) is 14.0. The Hall–Kier alpha value is -2.14. The number of anilines is 1. The number of nitrogens with one attached hydrogen (secondary N) is 2. The molecule has 0 spiro atoms. The third-order valence-electron chi connectivity index (χ3n) is 3.50. The molecule has 2 aromatic rings. The molecule has 4 nitrogen and oxygen atoms in total. The van der Waals surface area contributed by atoms with Crippen molar-refractivity contribution in [3.8, 4) is 0 Å². The molecule has 0 unspecified atom stereocenters. The van der Waals surface area contributed by atoms with Gasteiger partial charge in [-0.3, -0.25) is 9.59 Å². The number of hydrogen-bond donors (Lipinski definition) is 2. The largest absolute Gasteiger partial charge is 0.352 e. The number of hydrogen-bond acceptors (Lipinski definition) is 2. The van der Waals surface area contributed by atoms with Crippen molar-refractivity contribution in [3.05, 3.63) is 63.6 Å². The van der Waals surface area contributed by atoms with Crippen LogP contribution in [0, 0.1) is 12.8 Å². The van der Waals surface area contributed by atoms with E-state index < -0.39 is 0 Å². The zero-order valence-corrected chi connectivity index (χ0v) is 15.6. The summed E-state index contributed by atoms with van der Waals surface area (Å²) in [4.78, 5) is 24.3. The van der Waals surface area contributed by atoms with Crippen molar-refractivity contribution in [2.75, 3.05) is 11.9 Å². The first-order chi connectivity index (χ1) is 11.4. The molecule has 0 bridgehead atoms. The van der Waals surface area contributed by atoms with E-state index in [1.165, 1.54) is 0 Å². The number of rotatable bonds is 5. The lowest BCUT2D eigenvalue weighted by Crippen LogP contribution is -2.27. The molecule has 0 aromatic heterocycles. The normalized spacial score (nSPS) is 10.5. The highest BCUT2D eigenvalue weighted by atomic mass is 79.9. The highest BCUT2D eigenvalue weighted by Gasteiger charge is 2.10. The molecule has 0 saturated heterocycles. The van der Waals surface area contributed by atoms with Gasteiger partial charge in [-0.2, -0.15) is 0 Å². The molecule has 0 saturated carbocycles. The van der Waals surface area contributed by atoms with Crippen molar-refractivity contribution >= 4 is 33.4 Å². The van der Waals surface area contributed by atoms with Crippen LogP contribution < -0.4 is 10.6 Å². The second kappa shape index (κ2) is 8.11. The molecule has 0 aliphatic rings. The summed E-state index contributed by atoms with van der Waals surface area (Å²) < 4.78 is 0.997. The van der Waals surface area contributed by atoms with Gasteiger partial charge in [0.15, 0.2) is 0 Å². The van der Waals surface area contributed by atoms with E-state index in [4.69, 9.17) is 0 Å². The first-order valence-electron chi connectivity index (χ1n) is 7.82. The lowest BCUT2D eigenvalue weighted by Gasteiger charge is -2.09. The summed E-state index contributed by atoms with van der Waals surface area (Å²) in [6.07, 6.45) is 0. The minimum atomic E-state index is -0.203. The smallest absolute Gasteiger partial charge is 0.255 e. The molecule has 24 heavy (non-hydrogen) atoms. The highest BCUT2D eigenvalue weighted by molar-refractivity contribution is 9.10. The molecule has 5 heteroatoms. The maximum absolute atomic E-state index is 12.3. The van der Waals surface area contributed by atoms with E-state index in [0.29, 0.717) is 23.6 Å². The van der Waals surface area contributed by atoms with Crippen molar-refractivity contribution in [2.24, 2.45) is 5.92 Å². The van der Waals surface area contributed by atoms with Gasteiger partial charge in [-0.25, -0.2) is 0 Å². The molecule has 2 rings (SSSR count). The van der Waals surface area contributed by atoms with Gasteiger partial charge in [0.05, 0.1) is 0 Å². The standard InChI is InChI=1S/C19H21BrN2O2/c1-12(2)11-21-18(23)14-4-6-15(7-5-14)19(24)22-16-8-9-17(20)13(3)10-16/h4-10,12H,11H2,1-3H3,(H,21,23)(H,22,24). The molecule has 2 aromatic carbocycles. The monoisotopic (exact) mass is 388 g/mol. The van der Waals surface area contributed by atoms with Crippen LogP contribution in [-0.4, -0.2) is 18.4 Å². The summed E-state index contributed by atoms with van der Waals surface area (Å²) in [6.45, 7) is 6.67. The summed E-state index contributed by atoms with van der Waals surface area (Å²) in [5, 5.41) is 5.71. The van der Waals surface area contributed by atoms with E-state index in [9.17, 15) is 9.59 Å². The van der Waals surface area contributed by atoms with E-state index in [-0.39, 0.29) is 11.8 Å². The summed E-state index contributed by atoms with van der Waals surface area (Å²) in [5.74, 6) is 0.0680. The van der Waals surface area contributed by atoms with E-state index >= 15 is 0 Å². The molecule has 0 heterocycles. The first kappa shape index (κ1) is 18.2. The van der Waals surface area contributed by atoms with Crippen molar-refractivity contribution in [1.82, 2.24) is 5.32 Å². The number of carbonyl (C=O) groups is 2. The van der Waals surface area contributed by atoms with Crippen molar-refractivity contribution < 1.29 is 9.59 Å². The molecule has 0 fully saturated rings. The molecule has 0 radical (unpaired) electrons. The van der Waals surface area contributed by atoms with Gasteiger partial charge >= 0.3 is 0 Å². The molecule has 2 N–H and O–H groups in total. The summed E-state index contributed by atoms with van der Waals surface area (Å²) in [7, 11) is 0. The van der Waals surface area contributed by atoms with Crippen molar-refractivity contribution in [2.45, 2.75) is 20.8 Å². The molecule has 0 atom stereocenters. The highest BCUT2D eigenvalue weighted by Crippen LogP contribution is 2.20. The van der Waals surface area contributed by atoms with E-state index in [1.807, 2.05) is 39.0 Å². The van der Waals surface area contributed by atoms with Crippen molar-refractivity contribution in [1.29, 1.82) is 0 Å². The quantitative estimate of drug-likeness (QED) is 0.797. The Morgan fingerprint density at radius 1 is 1.00 bits per heavy atom. The van der Waals surface area contributed by atoms with Gasteiger partial charge in [0.2, 0.25) is 0 Å². The fourth-order valence-electron chi connectivity index (χ4n) is 2.10. The second-order valence-electron chi connectivity index (χ2n) is 6.10. The van der Waals surface area contributed by atoms with Gasteiger partial charge in [0.1, 0.15) is 0 Å². The van der Waals surface area contributed by atoms with Gasteiger partial charge in [0.25, 0.3) is 11.8 Å². The van der Waals surface area contributed by atoms with Crippen LogP contribution >= 0.6 is 15.9 Å². The van der Waals surface area contributed by atoms with Crippen LogP contribution in [-0.2, 0) is 0 Å². The Balaban J connectivity index is 2.02. The van der Waals surface area contributed by atoms with Crippen LogP contribution in [0.1, 0.15) is 40.1 Å². The van der Waals surface area contributed by atoms with Crippen LogP contribution in [0.5, 0.6) is 0 Å². The van der Waals surface area contributed by atoms with Crippen LogP contribution in [0.4, 0.5) is 5.69 Å². The van der Waals surface area contributed by atoms with Gasteiger partial charge in [-0.1, -0.05) is 29.8 Å². The second-order valence-corrected chi connectivity index (χ2v) is 6.95. The summed E-state index contributed by atoms with van der Waals surface area (Å²) in [5.41, 5.74) is 2.84. The predicted octanol–water partition coefficient (Wildman–Crippen LogP) is 4.40. The van der Waals surface area contributed by atoms with Crippen LogP contribution in [0.15, 0.2) is 46.9 Å². The lowest BCUT2D eigenvalue weighted by atomic mass is 10.1. The Bertz CT molecular complexity index is 740. The molecule has 126 valence electrons. The van der Waals surface area contributed by atoms with E-state index in [2.05, 4.69) is 26.6 Å². The van der Waals surface area contributed by atoms with Gasteiger partial charge in [0, 0.05) is 27.8 Å². The van der Waals surface area contributed by atoms with Gasteiger partial charge in [-0.05, 0) is 60.9 Å². The summed E-state index contributed by atoms with van der Waals surface area (Å²) >= 11 is 3.43. The maximum atomic E-state index is 12.3. The number of amides is 2. The molecule has 0 aliphatic heterocycles. The van der Waals surface area contributed by atoms with Crippen LogP contribution in [0.25, 0.3) is 0 Å².